The summed E-state index contributed by atoms with van der Waals surface area (Å²) in [7, 11) is 0. The van der Waals surface area contributed by atoms with Gasteiger partial charge in [-0.2, -0.15) is 0 Å². The molecule has 3 atom stereocenters. The molecular weight excluding hydrogens is 220 g/mol. The molecule has 0 aliphatic heterocycles. The maximum atomic E-state index is 11.6. The lowest BCUT2D eigenvalue weighted by Crippen LogP contribution is -2.50. The number of ketones is 1. The number of hydrogen-bond donors (Lipinski definition) is 0. The summed E-state index contributed by atoms with van der Waals surface area (Å²) in [6, 6.07) is 0. The summed E-state index contributed by atoms with van der Waals surface area (Å²) in [4.78, 5) is 11.6. The lowest BCUT2D eigenvalue weighted by Gasteiger charge is -2.58. The van der Waals surface area contributed by atoms with Crippen LogP contribution < -0.4 is 0 Å². The Bertz CT molecular complexity index is 404. The van der Waals surface area contributed by atoms with Gasteiger partial charge in [-0.1, -0.05) is 32.8 Å². The molecule has 0 bridgehead atoms. The number of carbonyl (C=O) groups is 1. The van der Waals surface area contributed by atoms with Gasteiger partial charge in [0, 0.05) is 6.42 Å². The highest BCUT2D eigenvalue weighted by Gasteiger charge is 2.53. The molecule has 0 radical (unpaired) electrons. The molecule has 2 saturated carbocycles. The van der Waals surface area contributed by atoms with Crippen LogP contribution in [-0.2, 0) is 4.79 Å². The fraction of sp³-hybridized carbons (Fsp3) is 0.824. The van der Waals surface area contributed by atoms with Crippen molar-refractivity contribution < 1.29 is 4.79 Å². The average Bonchev–Trinajstić information content (AvgIpc) is 2.27. The van der Waals surface area contributed by atoms with Gasteiger partial charge in [0.25, 0.3) is 0 Å². The van der Waals surface area contributed by atoms with Gasteiger partial charge in [0.05, 0.1) is 0 Å². The molecule has 2 fully saturated rings. The Morgan fingerprint density at radius 3 is 2.67 bits per heavy atom. The maximum Gasteiger partial charge on any atom is 0.155 e. The summed E-state index contributed by atoms with van der Waals surface area (Å²) in [5.74, 6) is 1.93. The fourth-order valence-corrected chi connectivity index (χ4v) is 5.47. The predicted molar refractivity (Wildman–Crippen MR) is 74.3 cm³/mol. The minimum absolute atomic E-state index is 0.373. The van der Waals surface area contributed by atoms with Gasteiger partial charge in [-0.3, -0.25) is 4.79 Å². The van der Waals surface area contributed by atoms with Gasteiger partial charge in [0.2, 0.25) is 0 Å². The molecule has 0 aromatic heterocycles. The number of allylic oxidation sites excluding steroid dienone is 2. The normalized spacial score (nSPS) is 42.8. The van der Waals surface area contributed by atoms with Crippen molar-refractivity contribution in [2.24, 2.45) is 22.7 Å². The van der Waals surface area contributed by atoms with E-state index in [0.717, 1.165) is 18.8 Å². The Kier molecular flexibility index (Phi) is 2.73. The number of hydrogen-bond acceptors (Lipinski definition) is 1. The molecule has 3 aliphatic carbocycles. The largest absolute Gasteiger partial charge is 0.295 e. The molecule has 3 rings (SSSR count). The van der Waals surface area contributed by atoms with Gasteiger partial charge in [-0.05, 0) is 60.8 Å². The smallest absolute Gasteiger partial charge is 0.155 e. The average molecular weight is 246 g/mol. The minimum atomic E-state index is 0.373. The van der Waals surface area contributed by atoms with Crippen LogP contribution in [0.1, 0.15) is 65.7 Å². The van der Waals surface area contributed by atoms with Crippen molar-refractivity contribution >= 4 is 5.78 Å². The van der Waals surface area contributed by atoms with Crippen LogP contribution in [0.3, 0.4) is 0 Å². The highest BCUT2D eigenvalue weighted by atomic mass is 16.1. The monoisotopic (exact) mass is 246 g/mol. The lowest BCUT2D eigenvalue weighted by atomic mass is 9.46. The van der Waals surface area contributed by atoms with Gasteiger partial charge >= 0.3 is 0 Å². The first-order valence-corrected chi connectivity index (χ1v) is 7.67. The van der Waals surface area contributed by atoms with E-state index < -0.39 is 0 Å². The van der Waals surface area contributed by atoms with Crippen molar-refractivity contribution in [2.45, 2.75) is 65.7 Å². The second-order valence-corrected chi connectivity index (χ2v) is 7.72. The van der Waals surface area contributed by atoms with Crippen LogP contribution in [-0.4, -0.2) is 5.78 Å². The van der Waals surface area contributed by atoms with E-state index in [1.54, 1.807) is 0 Å². The van der Waals surface area contributed by atoms with E-state index >= 15 is 0 Å². The van der Waals surface area contributed by atoms with Crippen molar-refractivity contribution in [3.8, 4) is 0 Å². The van der Waals surface area contributed by atoms with Gasteiger partial charge in [-0.25, -0.2) is 0 Å². The van der Waals surface area contributed by atoms with E-state index in [0.29, 0.717) is 22.5 Å². The third-order valence-electron chi connectivity index (χ3n) is 6.27. The quantitative estimate of drug-likeness (QED) is 0.614. The highest BCUT2D eigenvalue weighted by Crippen LogP contribution is 2.62. The Labute approximate surface area is 111 Å². The molecule has 1 unspecified atom stereocenters. The van der Waals surface area contributed by atoms with Gasteiger partial charge < -0.3 is 0 Å². The summed E-state index contributed by atoms with van der Waals surface area (Å²) in [6.45, 7) is 7.46. The molecule has 0 aromatic rings. The van der Waals surface area contributed by atoms with Crippen LogP contribution in [0.4, 0.5) is 0 Å². The highest BCUT2D eigenvalue weighted by molar-refractivity contribution is 5.91. The summed E-state index contributed by atoms with van der Waals surface area (Å²) in [6.07, 6.45) is 10.5. The number of carbonyl (C=O) groups excluding carboxylic acids is 1. The van der Waals surface area contributed by atoms with Crippen molar-refractivity contribution in [2.75, 3.05) is 0 Å². The Morgan fingerprint density at radius 2 is 1.89 bits per heavy atom. The Balaban J connectivity index is 1.98. The van der Waals surface area contributed by atoms with Crippen molar-refractivity contribution in [3.05, 3.63) is 11.6 Å². The minimum Gasteiger partial charge on any atom is -0.295 e. The van der Waals surface area contributed by atoms with Crippen LogP contribution in [0, 0.1) is 22.7 Å². The molecule has 0 aromatic carbocycles. The third-order valence-corrected chi connectivity index (χ3v) is 6.27. The zero-order valence-corrected chi connectivity index (χ0v) is 12.1. The summed E-state index contributed by atoms with van der Waals surface area (Å²) >= 11 is 0. The number of fused-ring (bicyclic) bond motifs is 3. The predicted octanol–water partition coefficient (Wildman–Crippen LogP) is 4.52. The standard InChI is InChI=1S/C17H26O/c1-16(2)9-4-10-17(3)14-7-6-13(18)11-12(14)5-8-15(16)17/h11,14-15H,4-10H2,1-3H3/t14-,15?,17+/m0/s1. The van der Waals surface area contributed by atoms with Crippen LogP contribution in [0.15, 0.2) is 11.6 Å². The molecule has 0 amide bonds. The SMILES string of the molecule is CC1(C)CCC[C@@]2(C)C1CCC1=CC(=O)CC[C@@H]12. The molecule has 18 heavy (non-hydrogen) atoms. The van der Waals surface area contributed by atoms with E-state index in [2.05, 4.69) is 20.8 Å². The molecule has 0 heterocycles. The molecule has 1 heteroatoms. The third kappa shape index (κ3) is 1.70. The maximum absolute atomic E-state index is 11.6. The van der Waals surface area contributed by atoms with Gasteiger partial charge in [0.1, 0.15) is 0 Å². The Morgan fingerprint density at radius 1 is 1.11 bits per heavy atom. The summed E-state index contributed by atoms with van der Waals surface area (Å²) in [5, 5.41) is 0. The van der Waals surface area contributed by atoms with Gasteiger partial charge in [-0.15, -0.1) is 0 Å². The molecule has 1 nitrogen and oxygen atoms in total. The zero-order valence-electron chi connectivity index (χ0n) is 12.1. The zero-order chi connectivity index (χ0) is 13.0. The number of rotatable bonds is 0. The lowest BCUT2D eigenvalue weighted by molar-refractivity contribution is -0.117. The van der Waals surface area contributed by atoms with E-state index in [9.17, 15) is 4.79 Å². The molecule has 0 spiro atoms. The van der Waals surface area contributed by atoms with Crippen molar-refractivity contribution in [3.63, 3.8) is 0 Å². The first-order chi connectivity index (χ1) is 8.43. The second kappa shape index (κ2) is 3.95. The molecule has 0 N–H and O–H groups in total. The summed E-state index contributed by atoms with van der Waals surface area (Å²) < 4.78 is 0. The van der Waals surface area contributed by atoms with Crippen LogP contribution in [0.2, 0.25) is 0 Å². The van der Waals surface area contributed by atoms with Crippen LogP contribution in [0.25, 0.3) is 0 Å². The van der Waals surface area contributed by atoms with E-state index in [1.165, 1.54) is 37.7 Å². The van der Waals surface area contributed by atoms with Crippen LogP contribution in [0.5, 0.6) is 0 Å². The summed E-state index contributed by atoms with van der Waals surface area (Å²) in [5.41, 5.74) is 2.45. The molecular formula is C17H26O. The first-order valence-electron chi connectivity index (χ1n) is 7.67. The van der Waals surface area contributed by atoms with E-state index in [1.807, 2.05) is 6.08 Å². The molecule has 0 saturated heterocycles. The topological polar surface area (TPSA) is 17.1 Å². The fourth-order valence-electron chi connectivity index (χ4n) is 5.47. The van der Waals surface area contributed by atoms with Crippen molar-refractivity contribution in [1.29, 1.82) is 0 Å². The van der Waals surface area contributed by atoms with E-state index in [-0.39, 0.29) is 0 Å². The van der Waals surface area contributed by atoms with Gasteiger partial charge in [0.15, 0.2) is 5.78 Å². The van der Waals surface area contributed by atoms with Crippen molar-refractivity contribution in [1.82, 2.24) is 0 Å². The Hall–Kier alpha value is -0.590. The second-order valence-electron chi connectivity index (χ2n) is 7.72. The first kappa shape index (κ1) is 12.4. The van der Waals surface area contributed by atoms with Crippen LogP contribution >= 0.6 is 0 Å². The molecule has 100 valence electrons. The molecule has 3 aliphatic rings. The van der Waals surface area contributed by atoms with E-state index in [4.69, 9.17) is 0 Å².